The molecule has 0 aromatic rings. The highest BCUT2D eigenvalue weighted by molar-refractivity contribution is 5.86. The van der Waals surface area contributed by atoms with Gasteiger partial charge in [0.05, 0.1) is 0 Å². The Morgan fingerprint density at radius 3 is 2.14 bits per heavy atom. The van der Waals surface area contributed by atoms with Gasteiger partial charge in [0.25, 0.3) is 0 Å². The van der Waals surface area contributed by atoms with Gasteiger partial charge in [-0.1, -0.05) is 0 Å². The lowest BCUT2D eigenvalue weighted by atomic mass is 10.3. The standard InChI is InChI=1S/C9H19N3O2/c1-5-10-9(14)12-7(4)8(13)11-6(2)3/h6-7H,5H2,1-4H3,(H,11,13)(H2,10,12,14). The van der Waals surface area contributed by atoms with Crippen LogP contribution in [-0.2, 0) is 4.79 Å². The number of rotatable bonds is 4. The molecule has 5 nitrogen and oxygen atoms in total. The second-order valence-corrected chi connectivity index (χ2v) is 3.39. The maximum atomic E-state index is 11.3. The summed E-state index contributed by atoms with van der Waals surface area (Å²) in [4.78, 5) is 22.4. The molecule has 0 aliphatic rings. The summed E-state index contributed by atoms with van der Waals surface area (Å²) in [5, 5.41) is 7.79. The molecular weight excluding hydrogens is 182 g/mol. The van der Waals surface area contributed by atoms with Gasteiger partial charge in [-0.25, -0.2) is 4.79 Å². The number of hydrogen-bond donors (Lipinski definition) is 3. The van der Waals surface area contributed by atoms with E-state index in [-0.39, 0.29) is 18.0 Å². The van der Waals surface area contributed by atoms with E-state index >= 15 is 0 Å². The summed E-state index contributed by atoms with van der Waals surface area (Å²) in [7, 11) is 0. The summed E-state index contributed by atoms with van der Waals surface area (Å²) in [5.41, 5.74) is 0. The zero-order valence-electron chi connectivity index (χ0n) is 9.18. The largest absolute Gasteiger partial charge is 0.352 e. The first kappa shape index (κ1) is 12.7. The van der Waals surface area contributed by atoms with Gasteiger partial charge >= 0.3 is 6.03 Å². The molecule has 0 rings (SSSR count). The average molecular weight is 201 g/mol. The van der Waals surface area contributed by atoms with Crippen molar-refractivity contribution in [2.75, 3.05) is 6.54 Å². The van der Waals surface area contributed by atoms with Gasteiger partial charge in [0, 0.05) is 12.6 Å². The minimum Gasteiger partial charge on any atom is -0.352 e. The lowest BCUT2D eigenvalue weighted by Gasteiger charge is -2.15. The first-order chi connectivity index (χ1) is 6.47. The average Bonchev–Trinajstić information content (AvgIpc) is 2.02. The lowest BCUT2D eigenvalue weighted by molar-refractivity contribution is -0.123. The van der Waals surface area contributed by atoms with Crippen molar-refractivity contribution < 1.29 is 9.59 Å². The second-order valence-electron chi connectivity index (χ2n) is 3.39. The van der Waals surface area contributed by atoms with E-state index in [1.54, 1.807) is 6.92 Å². The maximum absolute atomic E-state index is 11.3. The van der Waals surface area contributed by atoms with Crippen molar-refractivity contribution in [2.24, 2.45) is 0 Å². The zero-order chi connectivity index (χ0) is 11.1. The van der Waals surface area contributed by atoms with Crippen molar-refractivity contribution in [3.8, 4) is 0 Å². The van der Waals surface area contributed by atoms with Crippen LogP contribution in [0.4, 0.5) is 4.79 Å². The van der Waals surface area contributed by atoms with Crippen molar-refractivity contribution in [2.45, 2.75) is 39.8 Å². The predicted molar refractivity (Wildman–Crippen MR) is 54.9 cm³/mol. The first-order valence-electron chi connectivity index (χ1n) is 4.82. The van der Waals surface area contributed by atoms with Crippen LogP contribution < -0.4 is 16.0 Å². The maximum Gasteiger partial charge on any atom is 0.315 e. The van der Waals surface area contributed by atoms with Crippen LogP contribution in [0.5, 0.6) is 0 Å². The second kappa shape index (κ2) is 6.23. The fourth-order valence-corrected chi connectivity index (χ4v) is 0.883. The van der Waals surface area contributed by atoms with Gasteiger partial charge < -0.3 is 16.0 Å². The summed E-state index contributed by atoms with van der Waals surface area (Å²) in [6.45, 7) is 7.75. The number of hydrogen-bond acceptors (Lipinski definition) is 2. The van der Waals surface area contributed by atoms with E-state index in [1.807, 2.05) is 20.8 Å². The Bertz CT molecular complexity index is 204. The van der Waals surface area contributed by atoms with Crippen LogP contribution in [0.1, 0.15) is 27.7 Å². The van der Waals surface area contributed by atoms with Gasteiger partial charge in [0.2, 0.25) is 5.91 Å². The molecule has 14 heavy (non-hydrogen) atoms. The molecule has 3 N–H and O–H groups in total. The number of carbonyl (C=O) groups is 2. The van der Waals surface area contributed by atoms with Crippen LogP contribution in [0, 0.1) is 0 Å². The Kier molecular flexibility index (Phi) is 5.67. The minimum absolute atomic E-state index is 0.0842. The molecule has 0 fully saturated rings. The molecule has 0 aliphatic carbocycles. The van der Waals surface area contributed by atoms with Crippen LogP contribution in [0.15, 0.2) is 0 Å². The van der Waals surface area contributed by atoms with Crippen molar-refractivity contribution >= 4 is 11.9 Å². The van der Waals surface area contributed by atoms with Crippen LogP contribution in [0.2, 0.25) is 0 Å². The monoisotopic (exact) mass is 201 g/mol. The van der Waals surface area contributed by atoms with Crippen molar-refractivity contribution in [3.05, 3.63) is 0 Å². The molecule has 3 amide bonds. The van der Waals surface area contributed by atoms with E-state index in [4.69, 9.17) is 0 Å². The summed E-state index contributed by atoms with van der Waals surface area (Å²) >= 11 is 0. The third-order valence-corrected chi connectivity index (χ3v) is 1.51. The molecule has 0 radical (unpaired) electrons. The molecule has 1 unspecified atom stereocenters. The van der Waals surface area contributed by atoms with Gasteiger partial charge in [-0.05, 0) is 27.7 Å². The predicted octanol–water partition coefficient (Wildman–Crippen LogP) is 0.219. The van der Waals surface area contributed by atoms with Gasteiger partial charge in [-0.2, -0.15) is 0 Å². The Morgan fingerprint density at radius 2 is 1.71 bits per heavy atom. The normalized spacial score (nSPS) is 12.1. The number of carbonyl (C=O) groups excluding carboxylic acids is 2. The molecular formula is C9H19N3O2. The fourth-order valence-electron chi connectivity index (χ4n) is 0.883. The quantitative estimate of drug-likeness (QED) is 0.609. The summed E-state index contributed by atoms with van der Waals surface area (Å²) < 4.78 is 0. The van der Waals surface area contributed by atoms with E-state index in [1.165, 1.54) is 0 Å². The van der Waals surface area contributed by atoms with Gasteiger partial charge in [-0.3, -0.25) is 4.79 Å². The smallest absolute Gasteiger partial charge is 0.315 e. The Labute approximate surface area is 84.6 Å². The van der Waals surface area contributed by atoms with Crippen LogP contribution in [0.25, 0.3) is 0 Å². The van der Waals surface area contributed by atoms with Gasteiger partial charge in [-0.15, -0.1) is 0 Å². The third kappa shape index (κ3) is 5.40. The minimum atomic E-state index is -0.510. The van der Waals surface area contributed by atoms with E-state index in [9.17, 15) is 9.59 Å². The van der Waals surface area contributed by atoms with Crippen LogP contribution in [-0.4, -0.2) is 30.6 Å². The fraction of sp³-hybridized carbons (Fsp3) is 0.778. The Balaban J connectivity index is 3.88. The van der Waals surface area contributed by atoms with Crippen LogP contribution >= 0.6 is 0 Å². The van der Waals surface area contributed by atoms with Gasteiger partial charge in [0.1, 0.15) is 6.04 Å². The molecule has 0 saturated carbocycles. The van der Waals surface area contributed by atoms with Crippen molar-refractivity contribution in [1.82, 2.24) is 16.0 Å². The van der Waals surface area contributed by atoms with E-state index < -0.39 is 6.04 Å². The molecule has 0 heterocycles. The van der Waals surface area contributed by atoms with E-state index in [2.05, 4.69) is 16.0 Å². The zero-order valence-corrected chi connectivity index (χ0v) is 9.18. The number of amides is 3. The molecule has 0 aromatic heterocycles. The topological polar surface area (TPSA) is 70.2 Å². The Hall–Kier alpha value is -1.26. The van der Waals surface area contributed by atoms with Gasteiger partial charge in [0.15, 0.2) is 0 Å². The van der Waals surface area contributed by atoms with Crippen molar-refractivity contribution in [1.29, 1.82) is 0 Å². The van der Waals surface area contributed by atoms with Crippen molar-refractivity contribution in [3.63, 3.8) is 0 Å². The number of nitrogens with one attached hydrogen (secondary N) is 3. The SMILES string of the molecule is CCNC(=O)NC(C)C(=O)NC(C)C. The van der Waals surface area contributed by atoms with E-state index in [0.717, 1.165) is 0 Å². The highest BCUT2D eigenvalue weighted by atomic mass is 16.2. The molecule has 0 aliphatic heterocycles. The summed E-state index contributed by atoms with van der Waals surface area (Å²) in [6.07, 6.45) is 0. The summed E-state index contributed by atoms with van der Waals surface area (Å²) in [5.74, 6) is -0.175. The molecule has 5 heteroatoms. The highest BCUT2D eigenvalue weighted by Crippen LogP contribution is 1.85. The van der Waals surface area contributed by atoms with E-state index in [0.29, 0.717) is 6.54 Å². The lowest BCUT2D eigenvalue weighted by Crippen LogP contribution is -2.49. The molecule has 1 atom stereocenters. The molecule has 0 spiro atoms. The summed E-state index contributed by atoms with van der Waals surface area (Å²) in [6, 6.07) is -0.746. The number of urea groups is 1. The first-order valence-corrected chi connectivity index (χ1v) is 4.82. The highest BCUT2D eigenvalue weighted by Gasteiger charge is 2.15. The van der Waals surface area contributed by atoms with Crippen LogP contribution in [0.3, 0.4) is 0 Å². The molecule has 0 aromatic carbocycles. The third-order valence-electron chi connectivity index (χ3n) is 1.51. The molecule has 0 saturated heterocycles. The molecule has 0 bridgehead atoms. The Morgan fingerprint density at radius 1 is 1.14 bits per heavy atom. The molecule has 82 valence electrons.